The number of nitrogens with two attached hydrogens (primary N) is 1. The number of hydrogen-bond donors (Lipinski definition) is 2. The average Bonchev–Trinajstić information content (AvgIpc) is 3.76. The van der Waals surface area contributed by atoms with Crippen LogP contribution in [0.5, 0.6) is 0 Å². The minimum Gasteiger partial charge on any atom is -0.383 e. The summed E-state index contributed by atoms with van der Waals surface area (Å²) in [5, 5.41) is 9.19. The molecule has 12 heteroatoms. The summed E-state index contributed by atoms with van der Waals surface area (Å²) in [6, 6.07) is 16.5. The molecule has 0 amide bonds. The fourth-order valence-electron chi connectivity index (χ4n) is 6.09. The zero-order chi connectivity index (χ0) is 28.8. The highest BCUT2D eigenvalue weighted by molar-refractivity contribution is 7.92. The van der Waals surface area contributed by atoms with Crippen LogP contribution in [-0.2, 0) is 16.4 Å². The molecule has 1 fully saturated rings. The molecule has 0 bridgehead atoms. The molecule has 1 atom stereocenters. The zero-order valence-corrected chi connectivity index (χ0v) is 23.8. The van der Waals surface area contributed by atoms with Crippen LogP contribution in [0, 0.1) is 0 Å². The summed E-state index contributed by atoms with van der Waals surface area (Å²) in [7, 11) is -3.36. The number of aryl methyl sites for hydroxylation is 1. The summed E-state index contributed by atoms with van der Waals surface area (Å²) in [6.07, 6.45) is 8.73. The van der Waals surface area contributed by atoms with E-state index >= 15 is 0 Å². The molecule has 3 N–H and O–H groups in total. The van der Waals surface area contributed by atoms with E-state index in [2.05, 4.69) is 40.2 Å². The molecule has 5 aromatic rings. The molecule has 11 nitrogen and oxygen atoms in total. The second kappa shape index (κ2) is 10.5. The van der Waals surface area contributed by atoms with Gasteiger partial charge in [0.25, 0.3) is 0 Å². The number of piperidine rings is 1. The molecule has 0 spiro atoms. The Morgan fingerprint density at radius 2 is 1.88 bits per heavy atom. The van der Waals surface area contributed by atoms with E-state index in [1.807, 2.05) is 41.1 Å². The smallest absolute Gasteiger partial charge is 0.235 e. The number of fused-ring (bicyclic) bond motifs is 2. The normalized spacial score (nSPS) is 18.0. The van der Waals surface area contributed by atoms with Crippen molar-refractivity contribution in [1.82, 2.24) is 38.9 Å². The molecule has 0 saturated carbocycles. The minimum atomic E-state index is -3.36. The van der Waals surface area contributed by atoms with Crippen LogP contribution >= 0.6 is 0 Å². The van der Waals surface area contributed by atoms with Crippen LogP contribution in [0.2, 0.25) is 0 Å². The highest BCUT2D eigenvalue weighted by Crippen LogP contribution is 2.36. The molecule has 0 radical (unpaired) electrons. The Morgan fingerprint density at radius 1 is 1.02 bits per heavy atom. The predicted octanol–water partition coefficient (Wildman–Crippen LogP) is 3.77. The van der Waals surface area contributed by atoms with Crippen LogP contribution in [0.1, 0.15) is 36.4 Å². The number of pyridine rings is 2. The second-order valence-corrected chi connectivity index (χ2v) is 12.6. The van der Waals surface area contributed by atoms with E-state index in [1.54, 1.807) is 17.1 Å². The average molecular weight is 582 g/mol. The number of hydrogen-bond acceptors (Lipinski definition) is 8. The number of nitrogens with zero attached hydrogens (tertiary/aromatic N) is 7. The van der Waals surface area contributed by atoms with Gasteiger partial charge in [0.2, 0.25) is 10.0 Å². The topological polar surface area (TPSA) is 137 Å². The van der Waals surface area contributed by atoms with Gasteiger partial charge in [0, 0.05) is 54.9 Å². The molecule has 214 valence electrons. The first kappa shape index (κ1) is 26.5. The third-order valence-electron chi connectivity index (χ3n) is 8.23. The number of sulfonamides is 1. The summed E-state index contributed by atoms with van der Waals surface area (Å²) in [6.45, 7) is 4.46. The van der Waals surface area contributed by atoms with Gasteiger partial charge in [-0.25, -0.2) is 28.1 Å². The third kappa shape index (κ3) is 4.67. The predicted molar refractivity (Wildman–Crippen MR) is 162 cm³/mol. The van der Waals surface area contributed by atoms with Gasteiger partial charge in [-0.15, -0.1) is 0 Å². The Kier molecular flexibility index (Phi) is 6.60. The summed E-state index contributed by atoms with van der Waals surface area (Å²) < 4.78 is 29.6. The van der Waals surface area contributed by atoms with Crippen molar-refractivity contribution in [3.05, 3.63) is 90.2 Å². The van der Waals surface area contributed by atoms with Crippen molar-refractivity contribution in [3.63, 3.8) is 0 Å². The molecule has 1 saturated heterocycles. The van der Waals surface area contributed by atoms with Gasteiger partial charge in [-0.05, 0) is 79.3 Å². The van der Waals surface area contributed by atoms with Crippen LogP contribution in [0.4, 0.5) is 5.82 Å². The Hall–Kier alpha value is -4.39. The van der Waals surface area contributed by atoms with E-state index in [4.69, 9.17) is 15.7 Å². The van der Waals surface area contributed by atoms with Crippen molar-refractivity contribution in [3.8, 4) is 22.9 Å². The molecule has 1 aliphatic carbocycles. The van der Waals surface area contributed by atoms with Crippen LogP contribution in [0.25, 0.3) is 34.1 Å². The Bertz CT molecular complexity index is 1890. The zero-order valence-electron chi connectivity index (χ0n) is 23.0. The van der Waals surface area contributed by atoms with E-state index in [9.17, 15) is 8.42 Å². The lowest BCUT2D eigenvalue weighted by molar-refractivity contribution is 0.275. The number of imidazole rings is 1. The van der Waals surface area contributed by atoms with Crippen molar-refractivity contribution >= 4 is 27.0 Å². The van der Waals surface area contributed by atoms with Gasteiger partial charge in [0.15, 0.2) is 17.3 Å². The van der Waals surface area contributed by atoms with E-state index < -0.39 is 10.0 Å². The van der Waals surface area contributed by atoms with Crippen LogP contribution in [-0.4, -0.2) is 61.2 Å². The van der Waals surface area contributed by atoms with Gasteiger partial charge >= 0.3 is 0 Å². The third-order valence-corrected chi connectivity index (χ3v) is 9.74. The number of nitrogens with one attached hydrogen (secondary N) is 1. The molecular formula is C30H31N9O2S. The van der Waals surface area contributed by atoms with Crippen LogP contribution in [0.3, 0.4) is 0 Å². The highest BCUT2D eigenvalue weighted by atomic mass is 32.2. The summed E-state index contributed by atoms with van der Waals surface area (Å²) >= 11 is 0. The summed E-state index contributed by atoms with van der Waals surface area (Å²) in [5.41, 5.74) is 12.0. The molecule has 7 rings (SSSR count). The molecule has 5 heterocycles. The lowest BCUT2D eigenvalue weighted by atomic mass is 10.0. The molecule has 0 unspecified atom stereocenters. The molecule has 4 aromatic heterocycles. The first-order valence-corrected chi connectivity index (χ1v) is 15.5. The van der Waals surface area contributed by atoms with Crippen molar-refractivity contribution < 1.29 is 8.42 Å². The van der Waals surface area contributed by atoms with Gasteiger partial charge in [0.05, 0.1) is 5.56 Å². The van der Waals surface area contributed by atoms with E-state index in [0.29, 0.717) is 36.2 Å². The van der Waals surface area contributed by atoms with Gasteiger partial charge in [-0.3, -0.25) is 4.57 Å². The molecule has 42 heavy (non-hydrogen) atoms. The number of nitrogen functional groups attached to an aromatic ring is 1. The van der Waals surface area contributed by atoms with Crippen molar-refractivity contribution in [2.45, 2.75) is 37.8 Å². The molecule has 2 aliphatic rings. The van der Waals surface area contributed by atoms with E-state index in [-0.39, 0.29) is 12.1 Å². The maximum atomic E-state index is 12.2. The molecular weight excluding hydrogens is 550 g/mol. The summed E-state index contributed by atoms with van der Waals surface area (Å²) in [4.78, 5) is 14.2. The van der Waals surface area contributed by atoms with Crippen molar-refractivity contribution in [2.24, 2.45) is 0 Å². The highest BCUT2D eigenvalue weighted by Gasteiger charge is 2.30. The number of aromatic nitrogens is 6. The van der Waals surface area contributed by atoms with Gasteiger partial charge in [-0.1, -0.05) is 12.6 Å². The van der Waals surface area contributed by atoms with Crippen molar-refractivity contribution in [2.75, 3.05) is 18.8 Å². The Labute approximate surface area is 243 Å². The molecule has 1 aliphatic heterocycles. The first-order valence-electron chi connectivity index (χ1n) is 14.0. The monoisotopic (exact) mass is 581 g/mol. The Morgan fingerprint density at radius 3 is 2.64 bits per heavy atom. The van der Waals surface area contributed by atoms with Crippen LogP contribution in [0.15, 0.2) is 79.1 Å². The van der Waals surface area contributed by atoms with Gasteiger partial charge < -0.3 is 11.1 Å². The first-order chi connectivity index (χ1) is 20.4. The SMILES string of the molecule is C=CS(=O)(=O)N1CCC(N[C@H]2CCc3cc(-n4c(-c5cccnc5N)nc5ccc(-n6cccn6)nc54)ccc32)CC1. The second-order valence-electron chi connectivity index (χ2n) is 10.7. The maximum absolute atomic E-state index is 12.2. The number of benzene rings is 1. The fraction of sp³-hybridized carbons (Fsp3) is 0.267. The quantitative estimate of drug-likeness (QED) is 0.296. The minimum absolute atomic E-state index is 0.221. The van der Waals surface area contributed by atoms with E-state index in [1.165, 1.54) is 15.4 Å². The van der Waals surface area contributed by atoms with Gasteiger partial charge in [0.1, 0.15) is 11.3 Å². The standard InChI is InChI=1S/C30H31N9O2S/c1-2-42(40,41)37-17-12-21(13-18-37)34-25-9-6-20-19-22(7-8-23(20)25)39-29(24-5-3-14-32-28(24)31)35-26-10-11-27(36-30(26)39)38-16-4-15-33-38/h2-5,7-8,10-11,14-16,19,21,25,34H,1,6,9,12-13,17-18H2,(H2,31,32)/t25-/m0/s1. The number of anilines is 1. The Balaban J connectivity index is 1.22. The van der Waals surface area contributed by atoms with Crippen LogP contribution < -0.4 is 11.1 Å². The van der Waals surface area contributed by atoms with Gasteiger partial charge in [-0.2, -0.15) is 9.40 Å². The van der Waals surface area contributed by atoms with Crippen molar-refractivity contribution in [1.29, 1.82) is 0 Å². The molecule has 1 aromatic carbocycles. The lowest BCUT2D eigenvalue weighted by Gasteiger charge is -2.32. The summed E-state index contributed by atoms with van der Waals surface area (Å²) in [5.74, 6) is 1.77. The number of rotatable bonds is 7. The largest absolute Gasteiger partial charge is 0.383 e. The fourth-order valence-corrected chi connectivity index (χ4v) is 7.02. The van der Waals surface area contributed by atoms with E-state index in [0.717, 1.165) is 47.9 Å². The maximum Gasteiger partial charge on any atom is 0.235 e. The lowest BCUT2D eigenvalue weighted by Crippen LogP contribution is -2.45.